The van der Waals surface area contributed by atoms with Crippen molar-refractivity contribution in [1.82, 2.24) is 0 Å². The lowest BCUT2D eigenvalue weighted by Gasteiger charge is -2.06. The average Bonchev–Trinajstić information content (AvgIpc) is 2.73. The van der Waals surface area contributed by atoms with Crippen LogP contribution in [0.2, 0.25) is 0 Å². The zero-order chi connectivity index (χ0) is 19.6. The van der Waals surface area contributed by atoms with Crippen LogP contribution in [0, 0.1) is 0 Å². The van der Waals surface area contributed by atoms with Crippen LogP contribution < -0.4 is 10.6 Å². The van der Waals surface area contributed by atoms with E-state index in [0.717, 1.165) is 31.7 Å². The van der Waals surface area contributed by atoms with E-state index in [0.29, 0.717) is 0 Å². The fourth-order valence-electron chi connectivity index (χ4n) is 2.44. The molecule has 0 heterocycles. The first-order valence-electron chi connectivity index (χ1n) is 8.84. The summed E-state index contributed by atoms with van der Waals surface area (Å²) in [6.07, 6.45) is 0. The Kier molecular flexibility index (Phi) is 14.0. The summed E-state index contributed by atoms with van der Waals surface area (Å²) >= 11 is 6.81. The molecule has 0 aliphatic rings. The van der Waals surface area contributed by atoms with Gasteiger partial charge in [-0.1, -0.05) is 90.5 Å². The Labute approximate surface area is 205 Å². The van der Waals surface area contributed by atoms with E-state index in [-0.39, 0.29) is 22.3 Å². The van der Waals surface area contributed by atoms with E-state index in [2.05, 4.69) is 42.5 Å². The number of benzene rings is 4. The van der Waals surface area contributed by atoms with Crippen molar-refractivity contribution in [3.05, 3.63) is 118 Å². The molecule has 4 heteroatoms. The molecule has 0 unspecified atom stereocenters. The quantitative estimate of drug-likeness (QED) is 0.267. The largest absolute Gasteiger partial charge is 0.356 e. The monoisotopic (exact) mass is 542 g/mol. The van der Waals surface area contributed by atoms with Crippen LogP contribution in [0.3, 0.4) is 0 Å². The fourth-order valence-corrected chi connectivity index (χ4v) is 2.97. The minimum Gasteiger partial charge on any atom is -0.356 e. The number of rotatable bonds is 4. The molecule has 4 aromatic rings. The lowest BCUT2D eigenvalue weighted by Crippen LogP contribution is -1.88. The van der Waals surface area contributed by atoms with Crippen molar-refractivity contribution < 1.29 is 0 Å². The molecule has 0 atom stereocenters. The first kappa shape index (κ1) is 28.4. The van der Waals surface area contributed by atoms with Crippen LogP contribution >= 0.6 is 31.9 Å². The summed E-state index contributed by atoms with van der Waals surface area (Å²) in [6, 6.07) is 36.5. The normalized spacial score (nSPS) is 8.84. The van der Waals surface area contributed by atoms with Crippen LogP contribution in [0.1, 0.15) is 22.3 Å². The van der Waals surface area contributed by atoms with E-state index < -0.39 is 0 Å². The average molecular weight is 544 g/mol. The van der Waals surface area contributed by atoms with E-state index in [1.54, 1.807) is 0 Å². The van der Waals surface area contributed by atoms with Crippen LogP contribution in [0.25, 0.3) is 0 Å². The van der Waals surface area contributed by atoms with Gasteiger partial charge in [0.15, 0.2) is 0 Å². The Morgan fingerprint density at radius 2 is 0.613 bits per heavy atom. The highest BCUT2D eigenvalue weighted by molar-refractivity contribution is 9.10. The lowest BCUT2D eigenvalue weighted by atomic mass is 10.3. The Morgan fingerprint density at radius 1 is 0.355 bits per heavy atom. The van der Waals surface area contributed by atoms with Gasteiger partial charge in [0.05, 0.1) is 0 Å². The Morgan fingerprint density at radius 3 is 0.903 bits per heavy atom. The first-order valence-corrected chi connectivity index (χ1v) is 10.4. The van der Waals surface area contributed by atoms with Crippen molar-refractivity contribution in [3.8, 4) is 0 Å². The van der Waals surface area contributed by atoms with E-state index >= 15 is 0 Å². The van der Waals surface area contributed by atoms with Gasteiger partial charge >= 0.3 is 0 Å². The number of hydrogen-bond donors (Lipinski definition) is 2. The summed E-state index contributed by atoms with van der Waals surface area (Å²) in [5, 5.41) is 6.62. The Bertz CT molecular complexity index is 874. The van der Waals surface area contributed by atoms with Crippen molar-refractivity contribution in [2.45, 2.75) is 22.3 Å². The van der Waals surface area contributed by atoms with Crippen molar-refractivity contribution >= 4 is 54.6 Å². The van der Waals surface area contributed by atoms with Gasteiger partial charge in [0, 0.05) is 31.7 Å². The molecule has 4 rings (SSSR count). The summed E-state index contributed by atoms with van der Waals surface area (Å²) in [7, 11) is 0. The summed E-state index contributed by atoms with van der Waals surface area (Å²) < 4.78 is 2.17. The molecule has 0 bridgehead atoms. The summed E-state index contributed by atoms with van der Waals surface area (Å²) in [5.74, 6) is 0. The van der Waals surface area contributed by atoms with Gasteiger partial charge in [-0.2, -0.15) is 0 Å². The molecule has 0 fully saturated rings. The fraction of sp³-hybridized carbons (Fsp3) is 0.111. The predicted molar refractivity (Wildman–Crippen MR) is 148 cm³/mol. The van der Waals surface area contributed by atoms with Gasteiger partial charge in [0.2, 0.25) is 0 Å². The molecule has 31 heavy (non-hydrogen) atoms. The minimum absolute atomic E-state index is 0. The van der Waals surface area contributed by atoms with Gasteiger partial charge in [-0.05, 0) is 72.8 Å². The summed E-state index contributed by atoms with van der Waals surface area (Å²) in [4.78, 5) is 0. The van der Waals surface area contributed by atoms with E-state index in [4.69, 9.17) is 0 Å². The van der Waals surface area contributed by atoms with Crippen LogP contribution in [-0.4, -0.2) is 0 Å². The van der Waals surface area contributed by atoms with Crippen LogP contribution in [0.4, 0.5) is 22.7 Å². The summed E-state index contributed by atoms with van der Waals surface area (Å²) in [5.41, 5.74) is 4.41. The smallest absolute Gasteiger partial charge is 0.0384 e. The molecular formula is C27H32Br2N2. The second-order valence-electron chi connectivity index (χ2n) is 6.00. The molecule has 0 amide bonds. The first-order chi connectivity index (χ1) is 13.7. The molecule has 0 aliphatic carbocycles. The number of para-hydroxylation sites is 2. The Hall–Kier alpha value is -2.56. The predicted octanol–water partition coefficient (Wildman–Crippen LogP) is 10.3. The maximum absolute atomic E-state index is 3.41. The lowest BCUT2D eigenvalue weighted by molar-refractivity contribution is 1.53. The third-order valence-electron chi connectivity index (χ3n) is 3.81. The van der Waals surface area contributed by atoms with Crippen molar-refractivity contribution in [2.75, 3.05) is 10.6 Å². The number of halogens is 2. The van der Waals surface area contributed by atoms with Gasteiger partial charge in [0.1, 0.15) is 0 Å². The molecule has 4 aromatic carbocycles. The number of nitrogens with one attached hydrogen (secondary N) is 2. The zero-order valence-corrected chi connectivity index (χ0v) is 18.3. The number of hydrogen-bond acceptors (Lipinski definition) is 2. The molecular weight excluding hydrogens is 512 g/mol. The molecule has 0 aliphatic heterocycles. The third-order valence-corrected chi connectivity index (χ3v) is 4.87. The van der Waals surface area contributed by atoms with E-state index in [1.807, 2.05) is 109 Å². The van der Waals surface area contributed by atoms with Crippen molar-refractivity contribution in [3.63, 3.8) is 0 Å². The zero-order valence-electron chi connectivity index (χ0n) is 15.1. The van der Waals surface area contributed by atoms with Crippen molar-refractivity contribution in [1.29, 1.82) is 0 Å². The van der Waals surface area contributed by atoms with Crippen molar-refractivity contribution in [2.24, 2.45) is 0 Å². The second-order valence-corrected chi connectivity index (χ2v) is 7.83. The highest BCUT2D eigenvalue weighted by Crippen LogP contribution is 2.20. The van der Waals surface area contributed by atoms with Gasteiger partial charge in [0.25, 0.3) is 0 Å². The molecule has 0 spiro atoms. The molecule has 2 nitrogen and oxygen atoms in total. The third kappa shape index (κ3) is 10.3. The molecule has 0 saturated carbocycles. The van der Waals surface area contributed by atoms with E-state index in [1.165, 1.54) is 0 Å². The highest BCUT2D eigenvalue weighted by atomic mass is 79.9. The van der Waals surface area contributed by atoms with E-state index in [9.17, 15) is 0 Å². The Balaban J connectivity index is 0.000000533. The maximum atomic E-state index is 3.41. The standard InChI is InChI=1S/C12H9Br2N.C12H11N.3CH4/c13-9-1-5-11(6-2-9)15-12-7-3-10(14)4-8-12;1-3-7-11(8-4-1)13-12-9-5-2-6-10-12;;;/h1-8,15H;1-10,13H;3*1H4. The second kappa shape index (κ2) is 15.3. The van der Waals surface area contributed by atoms with Gasteiger partial charge in [-0.15, -0.1) is 0 Å². The van der Waals surface area contributed by atoms with Gasteiger partial charge in [-0.3, -0.25) is 0 Å². The van der Waals surface area contributed by atoms with Crippen LogP contribution in [0.15, 0.2) is 118 Å². The SMILES string of the molecule is Brc1ccc(Nc2ccc(Br)cc2)cc1.C.C.C.c1ccc(Nc2ccccc2)cc1. The molecule has 164 valence electrons. The molecule has 0 aromatic heterocycles. The summed E-state index contributed by atoms with van der Waals surface area (Å²) in [6.45, 7) is 0. The van der Waals surface area contributed by atoms with Crippen LogP contribution in [-0.2, 0) is 0 Å². The van der Waals surface area contributed by atoms with Crippen LogP contribution in [0.5, 0.6) is 0 Å². The highest BCUT2D eigenvalue weighted by Gasteiger charge is 1.94. The molecule has 0 radical (unpaired) electrons. The molecule has 2 N–H and O–H groups in total. The topological polar surface area (TPSA) is 24.1 Å². The van der Waals surface area contributed by atoms with Gasteiger partial charge in [-0.25, -0.2) is 0 Å². The maximum Gasteiger partial charge on any atom is 0.0384 e. The molecule has 0 saturated heterocycles. The minimum atomic E-state index is 0. The number of anilines is 4. The van der Waals surface area contributed by atoms with Gasteiger partial charge < -0.3 is 10.6 Å².